The third-order valence-electron chi connectivity index (χ3n) is 4.62. The van der Waals surface area contributed by atoms with Gasteiger partial charge in [0.1, 0.15) is 5.82 Å². The molecule has 2 heterocycles. The quantitative estimate of drug-likeness (QED) is 0.801. The Balaban J connectivity index is 1.48. The highest BCUT2D eigenvalue weighted by Gasteiger charge is 2.29. The van der Waals surface area contributed by atoms with Gasteiger partial charge in [0.25, 0.3) is 0 Å². The fourth-order valence-electron chi connectivity index (χ4n) is 3.33. The highest BCUT2D eigenvalue weighted by atomic mass is 16.5. The van der Waals surface area contributed by atoms with Crippen LogP contribution in [0, 0.1) is 0 Å². The molecule has 2 aromatic carbocycles. The Bertz CT molecular complexity index is 806. The molecule has 4 heteroatoms. The number of piperidine rings is 1. The molecule has 0 saturated carbocycles. The van der Waals surface area contributed by atoms with Gasteiger partial charge < -0.3 is 10.1 Å². The van der Waals surface area contributed by atoms with E-state index in [0.717, 1.165) is 25.3 Å². The normalized spacial score (nSPS) is 21.0. The molecule has 1 saturated heterocycles. The first-order valence-corrected chi connectivity index (χ1v) is 8.47. The molecule has 0 spiro atoms. The number of benzene rings is 2. The lowest BCUT2D eigenvalue weighted by Crippen LogP contribution is -2.41. The fraction of sp³-hybridized carbons (Fsp3) is 0.300. The topological polar surface area (TPSA) is 47.0 Å². The van der Waals surface area contributed by atoms with Crippen LogP contribution in [-0.4, -0.2) is 29.2 Å². The van der Waals surface area contributed by atoms with Gasteiger partial charge >= 0.3 is 0 Å². The standard InChI is InChI=1S/C20H21N3O/c1-2-5-17-12-15(6-7-16(17)4-1)14-24-19-13-21-11-8-18(19)20-22-9-3-10-23-20/h1-7,9-10,12,18-19,21H,8,11,13-14H2. The van der Waals surface area contributed by atoms with Gasteiger partial charge in [-0.15, -0.1) is 0 Å². The van der Waals surface area contributed by atoms with E-state index in [4.69, 9.17) is 4.74 Å². The SMILES string of the molecule is c1cnc(C2CCNCC2OCc2ccc3ccccc3c2)nc1. The molecule has 1 aliphatic rings. The van der Waals surface area contributed by atoms with Crippen molar-refractivity contribution in [2.24, 2.45) is 0 Å². The van der Waals surface area contributed by atoms with Gasteiger partial charge in [-0.2, -0.15) is 0 Å². The summed E-state index contributed by atoms with van der Waals surface area (Å²) < 4.78 is 6.24. The van der Waals surface area contributed by atoms with E-state index in [1.54, 1.807) is 0 Å². The molecule has 1 aromatic heterocycles. The minimum atomic E-state index is 0.104. The van der Waals surface area contributed by atoms with Gasteiger partial charge in [-0.3, -0.25) is 0 Å². The monoisotopic (exact) mass is 319 g/mol. The van der Waals surface area contributed by atoms with Gasteiger partial charge in [0.15, 0.2) is 0 Å². The summed E-state index contributed by atoms with van der Waals surface area (Å²) in [5, 5.41) is 5.93. The lowest BCUT2D eigenvalue weighted by molar-refractivity contribution is 0.00870. The van der Waals surface area contributed by atoms with Crippen molar-refractivity contribution in [3.63, 3.8) is 0 Å². The van der Waals surface area contributed by atoms with E-state index < -0.39 is 0 Å². The van der Waals surface area contributed by atoms with Crippen LogP contribution in [0.3, 0.4) is 0 Å². The zero-order valence-electron chi connectivity index (χ0n) is 13.6. The maximum Gasteiger partial charge on any atom is 0.133 e. The first-order chi connectivity index (χ1) is 11.9. The van der Waals surface area contributed by atoms with E-state index in [-0.39, 0.29) is 12.0 Å². The summed E-state index contributed by atoms with van der Waals surface area (Å²) in [5.41, 5.74) is 1.20. The molecule has 3 aromatic rings. The van der Waals surface area contributed by atoms with Crippen molar-refractivity contribution in [1.29, 1.82) is 0 Å². The number of rotatable bonds is 4. The molecule has 4 nitrogen and oxygen atoms in total. The Hall–Kier alpha value is -2.30. The second kappa shape index (κ2) is 7.07. The van der Waals surface area contributed by atoms with Crippen LogP contribution in [0.1, 0.15) is 23.7 Å². The van der Waals surface area contributed by atoms with Gasteiger partial charge in [-0.1, -0.05) is 36.4 Å². The number of ether oxygens (including phenoxy) is 1. The predicted molar refractivity (Wildman–Crippen MR) is 94.8 cm³/mol. The van der Waals surface area contributed by atoms with Crippen molar-refractivity contribution >= 4 is 10.8 Å². The predicted octanol–water partition coefficient (Wildman–Crippen LogP) is 3.29. The molecule has 2 unspecified atom stereocenters. The lowest BCUT2D eigenvalue weighted by Gasteiger charge is -2.31. The van der Waals surface area contributed by atoms with Crippen LogP contribution >= 0.6 is 0 Å². The average Bonchev–Trinajstić information content (AvgIpc) is 2.67. The molecule has 2 atom stereocenters. The fourth-order valence-corrected chi connectivity index (χ4v) is 3.33. The Kier molecular flexibility index (Phi) is 4.49. The van der Waals surface area contributed by atoms with Gasteiger partial charge in [-0.25, -0.2) is 9.97 Å². The molecule has 1 N–H and O–H groups in total. The van der Waals surface area contributed by atoms with E-state index in [2.05, 4.69) is 57.7 Å². The summed E-state index contributed by atoms with van der Waals surface area (Å²) in [7, 11) is 0. The van der Waals surface area contributed by atoms with E-state index in [1.807, 2.05) is 18.5 Å². The third kappa shape index (κ3) is 3.30. The Labute approximate surface area is 141 Å². The smallest absolute Gasteiger partial charge is 0.133 e. The van der Waals surface area contributed by atoms with Gasteiger partial charge in [0, 0.05) is 24.9 Å². The highest BCUT2D eigenvalue weighted by molar-refractivity contribution is 5.82. The van der Waals surface area contributed by atoms with Crippen LogP contribution in [0.25, 0.3) is 10.8 Å². The van der Waals surface area contributed by atoms with Crippen LogP contribution in [0.4, 0.5) is 0 Å². The van der Waals surface area contributed by atoms with Gasteiger partial charge in [-0.05, 0) is 41.4 Å². The molecular formula is C20H21N3O. The van der Waals surface area contributed by atoms with Crippen LogP contribution < -0.4 is 5.32 Å². The molecule has 24 heavy (non-hydrogen) atoms. The number of aromatic nitrogens is 2. The first kappa shape index (κ1) is 15.2. The Morgan fingerprint density at radius 1 is 1.00 bits per heavy atom. The summed E-state index contributed by atoms with van der Waals surface area (Å²) in [6, 6.07) is 16.8. The van der Waals surface area contributed by atoms with Crippen LogP contribution in [-0.2, 0) is 11.3 Å². The molecule has 122 valence electrons. The van der Waals surface area contributed by atoms with E-state index >= 15 is 0 Å². The number of hydrogen-bond donors (Lipinski definition) is 1. The summed E-state index contributed by atoms with van der Waals surface area (Å²) >= 11 is 0. The number of nitrogens with one attached hydrogen (secondary N) is 1. The zero-order valence-corrected chi connectivity index (χ0v) is 13.6. The van der Waals surface area contributed by atoms with Gasteiger partial charge in [0.2, 0.25) is 0 Å². The van der Waals surface area contributed by atoms with Gasteiger partial charge in [0.05, 0.1) is 12.7 Å². The zero-order chi connectivity index (χ0) is 16.2. The summed E-state index contributed by atoms with van der Waals surface area (Å²) in [6.07, 6.45) is 4.73. The lowest BCUT2D eigenvalue weighted by atomic mass is 9.94. The molecule has 0 bridgehead atoms. The summed E-state index contributed by atoms with van der Waals surface area (Å²) in [5.74, 6) is 1.15. The largest absolute Gasteiger partial charge is 0.371 e. The van der Waals surface area contributed by atoms with Crippen molar-refractivity contribution in [2.45, 2.75) is 25.0 Å². The van der Waals surface area contributed by atoms with Crippen molar-refractivity contribution in [3.8, 4) is 0 Å². The second-order valence-corrected chi connectivity index (χ2v) is 6.24. The molecule has 0 radical (unpaired) electrons. The maximum atomic E-state index is 6.24. The van der Waals surface area contributed by atoms with Crippen LogP contribution in [0.2, 0.25) is 0 Å². The molecule has 1 aliphatic heterocycles. The van der Waals surface area contributed by atoms with Crippen molar-refractivity contribution < 1.29 is 4.74 Å². The molecular weight excluding hydrogens is 298 g/mol. The number of nitrogens with zero attached hydrogens (tertiary/aromatic N) is 2. The highest BCUT2D eigenvalue weighted by Crippen LogP contribution is 2.26. The number of fused-ring (bicyclic) bond motifs is 1. The molecule has 0 aliphatic carbocycles. The Morgan fingerprint density at radius 2 is 1.83 bits per heavy atom. The minimum Gasteiger partial charge on any atom is -0.371 e. The molecule has 0 amide bonds. The minimum absolute atomic E-state index is 0.104. The first-order valence-electron chi connectivity index (χ1n) is 8.47. The van der Waals surface area contributed by atoms with Crippen LogP contribution in [0.15, 0.2) is 60.9 Å². The molecule has 1 fully saturated rings. The molecule has 4 rings (SSSR count). The van der Waals surface area contributed by atoms with Crippen LogP contribution in [0.5, 0.6) is 0 Å². The van der Waals surface area contributed by atoms with Crippen molar-refractivity contribution in [2.75, 3.05) is 13.1 Å². The summed E-state index contributed by atoms with van der Waals surface area (Å²) in [4.78, 5) is 8.86. The summed E-state index contributed by atoms with van der Waals surface area (Å²) in [6.45, 7) is 2.44. The third-order valence-corrected chi connectivity index (χ3v) is 4.62. The maximum absolute atomic E-state index is 6.24. The second-order valence-electron chi connectivity index (χ2n) is 6.24. The van der Waals surface area contributed by atoms with E-state index in [0.29, 0.717) is 6.61 Å². The van der Waals surface area contributed by atoms with Crippen molar-refractivity contribution in [3.05, 3.63) is 72.3 Å². The van der Waals surface area contributed by atoms with Crippen molar-refractivity contribution in [1.82, 2.24) is 15.3 Å². The average molecular weight is 319 g/mol. The number of hydrogen-bond acceptors (Lipinski definition) is 4. The Morgan fingerprint density at radius 3 is 2.71 bits per heavy atom. The van der Waals surface area contributed by atoms with E-state index in [1.165, 1.54) is 16.3 Å². The van der Waals surface area contributed by atoms with E-state index in [9.17, 15) is 0 Å².